The highest BCUT2D eigenvalue weighted by atomic mass is 32.1. The number of piperidine rings is 1. The van der Waals surface area contributed by atoms with Crippen LogP contribution in [-0.4, -0.2) is 23.6 Å². The third-order valence-corrected chi connectivity index (χ3v) is 5.53. The molecule has 0 aliphatic carbocycles. The Hall–Kier alpha value is -2.40. The van der Waals surface area contributed by atoms with Gasteiger partial charge in [-0.25, -0.2) is 0 Å². The predicted octanol–water partition coefficient (Wildman–Crippen LogP) is 5.32. The van der Waals surface area contributed by atoms with Crippen LogP contribution in [0.2, 0.25) is 0 Å². The lowest BCUT2D eigenvalue weighted by molar-refractivity contribution is 0.0977. The van der Waals surface area contributed by atoms with E-state index in [0.717, 1.165) is 12.2 Å². The van der Waals surface area contributed by atoms with E-state index in [2.05, 4.69) is 48.4 Å². The summed E-state index contributed by atoms with van der Waals surface area (Å²) in [5.74, 6) is 0.238. The molecule has 148 valence electrons. The van der Waals surface area contributed by atoms with E-state index in [1.54, 1.807) is 0 Å². The zero-order chi connectivity index (χ0) is 20.1. The summed E-state index contributed by atoms with van der Waals surface area (Å²) in [7, 11) is 0. The molecule has 2 aromatic rings. The Morgan fingerprint density at radius 3 is 2.36 bits per heavy atom. The van der Waals surface area contributed by atoms with Crippen molar-refractivity contribution in [3.63, 3.8) is 0 Å². The molecule has 0 radical (unpaired) electrons. The van der Waals surface area contributed by atoms with Crippen molar-refractivity contribution >= 4 is 34.6 Å². The smallest absolute Gasteiger partial charge is 0.257 e. The first-order valence-electron chi connectivity index (χ1n) is 10.0. The molecule has 3 rings (SSSR count). The van der Waals surface area contributed by atoms with Gasteiger partial charge in [0.2, 0.25) is 0 Å². The minimum absolute atomic E-state index is 0.202. The van der Waals surface area contributed by atoms with Crippen LogP contribution in [0.1, 0.15) is 61.9 Å². The summed E-state index contributed by atoms with van der Waals surface area (Å²) in [6, 6.07) is 16.4. The van der Waals surface area contributed by atoms with E-state index < -0.39 is 0 Å². The lowest BCUT2D eigenvalue weighted by atomic mass is 10.0. The number of hydrogen-bond donors (Lipinski definition) is 2. The topological polar surface area (TPSA) is 44.4 Å². The van der Waals surface area contributed by atoms with Gasteiger partial charge in [-0.1, -0.05) is 26.0 Å². The molecular weight excluding hydrogens is 366 g/mol. The van der Waals surface area contributed by atoms with E-state index >= 15 is 0 Å². The van der Waals surface area contributed by atoms with Crippen molar-refractivity contribution in [1.29, 1.82) is 0 Å². The number of nitrogens with one attached hydrogen (secondary N) is 2. The Bertz CT molecular complexity index is 815. The molecule has 0 bridgehead atoms. The maximum absolute atomic E-state index is 12.4. The van der Waals surface area contributed by atoms with E-state index in [0.29, 0.717) is 22.6 Å². The van der Waals surface area contributed by atoms with Gasteiger partial charge in [0, 0.05) is 29.5 Å². The highest BCUT2D eigenvalue weighted by Crippen LogP contribution is 2.25. The van der Waals surface area contributed by atoms with E-state index in [1.807, 2.05) is 36.4 Å². The van der Waals surface area contributed by atoms with Crippen molar-refractivity contribution in [2.45, 2.75) is 52.0 Å². The number of amides is 1. The van der Waals surface area contributed by atoms with E-state index in [-0.39, 0.29) is 5.91 Å². The molecule has 28 heavy (non-hydrogen) atoms. The highest BCUT2D eigenvalue weighted by molar-refractivity contribution is 7.80. The van der Waals surface area contributed by atoms with Crippen molar-refractivity contribution in [3.05, 3.63) is 59.7 Å². The number of carbonyl (C=O) groups excluding carboxylic acids is 1. The second-order valence-corrected chi connectivity index (χ2v) is 8.18. The molecule has 1 aliphatic heterocycles. The molecule has 4 nitrogen and oxygen atoms in total. The standard InChI is InChI=1S/C23H29N3OS/c1-16(2)18-7-9-19(10-8-18)22(27)25-23(28)24-20-11-13-21(14-12-20)26-15-5-4-6-17(26)3/h7-14,16-17H,4-6,15H2,1-3H3,(H2,24,25,27,28)/t17-/m0/s1. The van der Waals surface area contributed by atoms with Gasteiger partial charge >= 0.3 is 0 Å². The fourth-order valence-electron chi connectivity index (χ4n) is 3.57. The number of rotatable bonds is 4. The average molecular weight is 396 g/mol. The van der Waals surface area contributed by atoms with Gasteiger partial charge in [0.1, 0.15) is 0 Å². The maximum atomic E-state index is 12.4. The molecule has 1 saturated heterocycles. The van der Waals surface area contributed by atoms with Gasteiger partial charge in [-0.05, 0) is 86.3 Å². The molecule has 0 spiro atoms. The van der Waals surface area contributed by atoms with Crippen molar-refractivity contribution in [2.24, 2.45) is 0 Å². The maximum Gasteiger partial charge on any atom is 0.257 e. The van der Waals surface area contributed by atoms with Crippen LogP contribution in [0.5, 0.6) is 0 Å². The average Bonchev–Trinajstić information content (AvgIpc) is 2.69. The molecule has 1 aliphatic rings. The number of carbonyl (C=O) groups is 1. The number of thiocarbonyl (C=S) groups is 1. The van der Waals surface area contributed by atoms with E-state index in [1.165, 1.54) is 30.5 Å². The number of nitrogens with zero attached hydrogens (tertiary/aromatic N) is 1. The summed E-state index contributed by atoms with van der Waals surface area (Å²) in [5, 5.41) is 6.15. The van der Waals surface area contributed by atoms with Crippen LogP contribution in [0.4, 0.5) is 11.4 Å². The fraction of sp³-hybridized carbons (Fsp3) is 0.391. The Kier molecular flexibility index (Phi) is 6.68. The van der Waals surface area contributed by atoms with Gasteiger partial charge in [0.05, 0.1) is 0 Å². The first-order valence-corrected chi connectivity index (χ1v) is 10.4. The number of benzene rings is 2. The van der Waals surface area contributed by atoms with Crippen LogP contribution in [0.25, 0.3) is 0 Å². The summed E-state index contributed by atoms with van der Waals surface area (Å²) in [6.07, 6.45) is 3.80. The molecule has 2 N–H and O–H groups in total. The second kappa shape index (κ2) is 9.20. The largest absolute Gasteiger partial charge is 0.369 e. The Morgan fingerprint density at radius 1 is 1.07 bits per heavy atom. The molecule has 5 heteroatoms. The van der Waals surface area contributed by atoms with Gasteiger partial charge in [-0.3, -0.25) is 10.1 Å². The van der Waals surface area contributed by atoms with Crippen LogP contribution in [-0.2, 0) is 0 Å². The lowest BCUT2D eigenvalue weighted by Gasteiger charge is -2.35. The fourth-order valence-corrected chi connectivity index (χ4v) is 3.79. The molecular formula is C23H29N3OS. The third kappa shape index (κ3) is 5.10. The number of anilines is 2. The predicted molar refractivity (Wildman–Crippen MR) is 121 cm³/mol. The van der Waals surface area contributed by atoms with Gasteiger partial charge in [-0.15, -0.1) is 0 Å². The van der Waals surface area contributed by atoms with Crippen LogP contribution >= 0.6 is 12.2 Å². The third-order valence-electron chi connectivity index (χ3n) is 5.33. The highest BCUT2D eigenvalue weighted by Gasteiger charge is 2.18. The minimum Gasteiger partial charge on any atom is -0.369 e. The van der Waals surface area contributed by atoms with Gasteiger partial charge in [0.15, 0.2) is 5.11 Å². The first-order chi connectivity index (χ1) is 13.4. The van der Waals surface area contributed by atoms with Crippen LogP contribution in [0, 0.1) is 0 Å². The zero-order valence-electron chi connectivity index (χ0n) is 16.9. The van der Waals surface area contributed by atoms with Crippen LogP contribution in [0.3, 0.4) is 0 Å². The SMILES string of the molecule is CC(C)c1ccc(C(=O)NC(=S)Nc2ccc(N3CCCC[C@@H]3C)cc2)cc1. The van der Waals surface area contributed by atoms with E-state index in [9.17, 15) is 4.79 Å². The molecule has 1 atom stereocenters. The first kappa shape index (κ1) is 20.3. The number of hydrogen-bond acceptors (Lipinski definition) is 3. The molecule has 0 saturated carbocycles. The van der Waals surface area contributed by atoms with Crippen LogP contribution < -0.4 is 15.5 Å². The Labute approximate surface area is 173 Å². The summed E-state index contributed by atoms with van der Waals surface area (Å²) >= 11 is 5.30. The normalized spacial score (nSPS) is 16.7. The summed E-state index contributed by atoms with van der Waals surface area (Å²) < 4.78 is 0. The van der Waals surface area contributed by atoms with Gasteiger partial charge < -0.3 is 10.2 Å². The Balaban J connectivity index is 1.56. The second-order valence-electron chi connectivity index (χ2n) is 7.77. The van der Waals surface area contributed by atoms with Gasteiger partial charge in [-0.2, -0.15) is 0 Å². The molecule has 0 unspecified atom stereocenters. The molecule has 1 fully saturated rings. The summed E-state index contributed by atoms with van der Waals surface area (Å²) in [4.78, 5) is 14.8. The summed E-state index contributed by atoms with van der Waals surface area (Å²) in [5.41, 5.74) is 3.91. The summed E-state index contributed by atoms with van der Waals surface area (Å²) in [6.45, 7) is 7.65. The Morgan fingerprint density at radius 2 is 1.75 bits per heavy atom. The monoisotopic (exact) mass is 395 g/mol. The van der Waals surface area contributed by atoms with E-state index in [4.69, 9.17) is 12.2 Å². The molecule has 1 amide bonds. The van der Waals surface area contributed by atoms with Crippen molar-refractivity contribution < 1.29 is 4.79 Å². The zero-order valence-corrected chi connectivity index (χ0v) is 17.7. The van der Waals surface area contributed by atoms with Crippen molar-refractivity contribution in [3.8, 4) is 0 Å². The molecule has 0 aromatic heterocycles. The molecule has 1 heterocycles. The quantitative estimate of drug-likeness (QED) is 0.688. The van der Waals surface area contributed by atoms with Crippen molar-refractivity contribution in [2.75, 3.05) is 16.8 Å². The molecule has 2 aromatic carbocycles. The van der Waals surface area contributed by atoms with Crippen LogP contribution in [0.15, 0.2) is 48.5 Å². The lowest BCUT2D eigenvalue weighted by Crippen LogP contribution is -2.37. The minimum atomic E-state index is -0.202. The van der Waals surface area contributed by atoms with Gasteiger partial charge in [0.25, 0.3) is 5.91 Å². The van der Waals surface area contributed by atoms with Crippen molar-refractivity contribution in [1.82, 2.24) is 5.32 Å².